The number of alkyl halides is 3. The molecule has 24 heavy (non-hydrogen) atoms. The predicted molar refractivity (Wildman–Crippen MR) is 77.9 cm³/mol. The zero-order chi connectivity index (χ0) is 17.7. The van der Waals surface area contributed by atoms with Crippen LogP contribution in [-0.2, 0) is 15.7 Å². The quantitative estimate of drug-likeness (QED) is 0.727. The van der Waals surface area contributed by atoms with Crippen LogP contribution in [0.2, 0.25) is 0 Å². The number of carbonyl (C=O) groups is 1. The van der Waals surface area contributed by atoms with Gasteiger partial charge in [-0.05, 0) is 19.3 Å². The van der Waals surface area contributed by atoms with Crippen molar-refractivity contribution in [1.29, 1.82) is 0 Å². The molecule has 1 atom stereocenters. The van der Waals surface area contributed by atoms with Crippen LogP contribution in [-0.4, -0.2) is 47.1 Å². The van der Waals surface area contributed by atoms with E-state index < -0.39 is 23.3 Å². The molecule has 2 heterocycles. The topological polar surface area (TPSA) is 95.5 Å². The molecule has 10 heteroatoms. The molecule has 1 unspecified atom stereocenters. The number of hydrogen-bond donors (Lipinski definition) is 2. The van der Waals surface area contributed by atoms with E-state index in [1.807, 2.05) is 5.10 Å². The molecule has 1 aliphatic heterocycles. The number of hydrogen-bond acceptors (Lipinski definition) is 5. The van der Waals surface area contributed by atoms with Crippen LogP contribution in [0.25, 0.3) is 0 Å². The van der Waals surface area contributed by atoms with E-state index in [2.05, 4.69) is 5.10 Å². The van der Waals surface area contributed by atoms with Gasteiger partial charge in [0.2, 0.25) is 0 Å². The number of aliphatic carboxylic acids is 1. The summed E-state index contributed by atoms with van der Waals surface area (Å²) in [5, 5.41) is 13.8. The molecule has 0 spiro atoms. The van der Waals surface area contributed by atoms with Crippen LogP contribution < -0.4 is 10.5 Å². The molecule has 0 aromatic carbocycles. The monoisotopic (exact) mass is 349 g/mol. The highest BCUT2D eigenvalue weighted by atomic mass is 19.4. The van der Waals surface area contributed by atoms with Crippen molar-refractivity contribution in [3.05, 3.63) is 22.1 Å². The van der Waals surface area contributed by atoms with Crippen molar-refractivity contribution in [3.63, 3.8) is 0 Å². The van der Waals surface area contributed by atoms with Crippen LogP contribution >= 0.6 is 0 Å². The molecule has 1 fully saturated rings. The summed E-state index contributed by atoms with van der Waals surface area (Å²) in [5.74, 6) is -0.925. The largest absolute Gasteiger partial charge is 0.481 e. The van der Waals surface area contributed by atoms with E-state index in [0.717, 1.165) is 6.20 Å². The minimum atomic E-state index is -4.78. The van der Waals surface area contributed by atoms with Crippen LogP contribution in [0.1, 0.15) is 31.2 Å². The zero-order valence-corrected chi connectivity index (χ0v) is 12.8. The van der Waals surface area contributed by atoms with Crippen molar-refractivity contribution in [1.82, 2.24) is 10.2 Å². The number of nitrogens with one attached hydrogen (secondary N) is 1. The highest BCUT2D eigenvalue weighted by molar-refractivity contribution is 5.66. The van der Waals surface area contributed by atoms with Gasteiger partial charge >= 0.3 is 12.1 Å². The second-order valence-corrected chi connectivity index (χ2v) is 5.52. The molecule has 134 valence electrons. The molecule has 1 aromatic heterocycles. The first kappa shape index (κ1) is 18.2. The lowest BCUT2D eigenvalue weighted by Gasteiger charge is -2.28. The smallest absolute Gasteiger partial charge is 0.423 e. The predicted octanol–water partition coefficient (Wildman–Crippen LogP) is 1.64. The van der Waals surface area contributed by atoms with Crippen LogP contribution in [0.4, 0.5) is 18.9 Å². The van der Waals surface area contributed by atoms with Crippen molar-refractivity contribution >= 4 is 11.7 Å². The van der Waals surface area contributed by atoms with Crippen LogP contribution in [0.15, 0.2) is 11.0 Å². The molecule has 1 saturated heterocycles. The van der Waals surface area contributed by atoms with Gasteiger partial charge in [-0.25, -0.2) is 5.10 Å². The number of anilines is 1. The summed E-state index contributed by atoms with van der Waals surface area (Å²) in [4.78, 5) is 23.5. The fourth-order valence-corrected chi connectivity index (χ4v) is 2.75. The average Bonchev–Trinajstić information content (AvgIpc) is 2.93. The molecular weight excluding hydrogens is 331 g/mol. The van der Waals surface area contributed by atoms with Crippen molar-refractivity contribution < 1.29 is 27.8 Å². The first-order chi connectivity index (χ1) is 11.3. The Morgan fingerprint density at radius 3 is 2.92 bits per heavy atom. The maximum Gasteiger partial charge on any atom is 0.423 e. The maximum absolute atomic E-state index is 13.2. The third-order valence-corrected chi connectivity index (χ3v) is 3.80. The third kappa shape index (κ3) is 4.47. The fraction of sp³-hybridized carbons (Fsp3) is 0.643. The second-order valence-electron chi connectivity index (χ2n) is 5.52. The van der Waals surface area contributed by atoms with Gasteiger partial charge in [-0.1, -0.05) is 0 Å². The number of H-pyrrole nitrogens is 1. The summed E-state index contributed by atoms with van der Waals surface area (Å²) < 4.78 is 44.9. The molecule has 0 bridgehead atoms. The summed E-state index contributed by atoms with van der Waals surface area (Å²) in [6.45, 7) is 0.761. The van der Waals surface area contributed by atoms with E-state index in [0.29, 0.717) is 25.8 Å². The summed E-state index contributed by atoms with van der Waals surface area (Å²) in [6.07, 6.45) is -2.16. The van der Waals surface area contributed by atoms with Crippen molar-refractivity contribution in [2.45, 2.75) is 37.9 Å². The Bertz CT molecular complexity index is 632. The highest BCUT2D eigenvalue weighted by Crippen LogP contribution is 2.36. The number of aromatic nitrogens is 2. The summed E-state index contributed by atoms with van der Waals surface area (Å²) >= 11 is 0. The van der Waals surface area contributed by atoms with Gasteiger partial charge in [-0.15, -0.1) is 0 Å². The minimum absolute atomic E-state index is 0.0232. The van der Waals surface area contributed by atoms with E-state index in [-0.39, 0.29) is 31.4 Å². The van der Waals surface area contributed by atoms with Gasteiger partial charge in [0, 0.05) is 19.6 Å². The first-order valence-electron chi connectivity index (χ1n) is 7.51. The Hall–Kier alpha value is -2.10. The molecule has 0 amide bonds. The molecule has 0 saturated carbocycles. The van der Waals surface area contributed by atoms with Gasteiger partial charge in [0.05, 0.1) is 24.5 Å². The zero-order valence-electron chi connectivity index (χ0n) is 12.8. The number of rotatable bonds is 7. The molecule has 2 rings (SSSR count). The van der Waals surface area contributed by atoms with Gasteiger partial charge in [0.25, 0.3) is 5.56 Å². The Balaban J connectivity index is 2.07. The average molecular weight is 349 g/mol. The molecule has 0 aliphatic carbocycles. The number of carboxylic acids is 1. The van der Waals surface area contributed by atoms with Gasteiger partial charge < -0.3 is 14.7 Å². The van der Waals surface area contributed by atoms with Crippen molar-refractivity contribution in [2.75, 3.05) is 24.7 Å². The molecular formula is C14H18F3N3O4. The number of carboxylic acid groups (broad SMARTS) is 1. The van der Waals surface area contributed by atoms with Gasteiger partial charge in [-0.2, -0.15) is 18.3 Å². The molecule has 1 aliphatic rings. The molecule has 1 aromatic rings. The lowest BCUT2D eigenvalue weighted by atomic mass is 10.2. The van der Waals surface area contributed by atoms with Crippen LogP contribution in [0, 0.1) is 0 Å². The van der Waals surface area contributed by atoms with Gasteiger partial charge in [-0.3, -0.25) is 9.59 Å². The first-order valence-corrected chi connectivity index (χ1v) is 7.51. The Morgan fingerprint density at radius 1 is 1.50 bits per heavy atom. The van der Waals surface area contributed by atoms with E-state index in [9.17, 15) is 22.8 Å². The number of halogens is 3. The van der Waals surface area contributed by atoms with E-state index in [1.165, 1.54) is 4.90 Å². The summed E-state index contributed by atoms with van der Waals surface area (Å²) in [6, 6.07) is -0.306. The Morgan fingerprint density at radius 2 is 2.25 bits per heavy atom. The van der Waals surface area contributed by atoms with Crippen molar-refractivity contribution in [2.24, 2.45) is 0 Å². The summed E-state index contributed by atoms with van der Waals surface area (Å²) in [7, 11) is 0. The van der Waals surface area contributed by atoms with E-state index in [4.69, 9.17) is 9.84 Å². The maximum atomic E-state index is 13.2. The SMILES string of the molecule is O=C(O)CCCOCC1CCCN1c1cn[nH]c(=O)c1C(F)(F)F. The molecule has 0 radical (unpaired) electrons. The molecule has 2 N–H and O–H groups in total. The summed E-state index contributed by atoms with van der Waals surface area (Å²) in [5.41, 5.74) is -2.77. The standard InChI is InChI=1S/C14H18F3N3O4/c15-14(16,17)12-10(7-18-19-13(12)23)20-5-1-3-9(20)8-24-6-2-4-11(21)22/h7,9H,1-6,8H2,(H,19,23)(H,21,22). The Labute approximate surface area is 135 Å². The van der Waals surface area contributed by atoms with Crippen LogP contribution in [0.3, 0.4) is 0 Å². The minimum Gasteiger partial charge on any atom is -0.481 e. The van der Waals surface area contributed by atoms with Gasteiger partial charge in [0.15, 0.2) is 0 Å². The fourth-order valence-electron chi connectivity index (χ4n) is 2.75. The third-order valence-electron chi connectivity index (χ3n) is 3.80. The number of aromatic amines is 1. The second kappa shape index (κ2) is 7.65. The molecule has 7 nitrogen and oxygen atoms in total. The van der Waals surface area contributed by atoms with E-state index in [1.54, 1.807) is 0 Å². The Kier molecular flexibility index (Phi) is 5.81. The lowest BCUT2D eigenvalue weighted by molar-refractivity contribution is -0.138. The van der Waals surface area contributed by atoms with Crippen molar-refractivity contribution in [3.8, 4) is 0 Å². The number of nitrogens with zero attached hydrogens (tertiary/aromatic N) is 2. The number of ether oxygens (including phenoxy) is 1. The highest BCUT2D eigenvalue weighted by Gasteiger charge is 2.40. The lowest BCUT2D eigenvalue weighted by Crippen LogP contribution is -2.37. The van der Waals surface area contributed by atoms with Gasteiger partial charge in [0.1, 0.15) is 5.56 Å². The van der Waals surface area contributed by atoms with E-state index >= 15 is 0 Å². The normalized spacial score (nSPS) is 18.1. The van der Waals surface area contributed by atoms with Crippen LogP contribution in [0.5, 0.6) is 0 Å².